The third kappa shape index (κ3) is 8.51. The molecule has 0 radical (unpaired) electrons. The van der Waals surface area contributed by atoms with Crippen molar-refractivity contribution in [3.05, 3.63) is 106 Å². The summed E-state index contributed by atoms with van der Waals surface area (Å²) in [6.07, 6.45) is -4.09. The Hall–Kier alpha value is -5.79. The number of hydrogen-bond acceptors (Lipinski definition) is 12. The summed E-state index contributed by atoms with van der Waals surface area (Å²) in [6.45, 7) is 2.54. The van der Waals surface area contributed by atoms with Crippen LogP contribution in [0.4, 0.5) is 38.0 Å². The third-order valence-corrected chi connectivity index (χ3v) is 8.97. The number of sulfone groups is 1. The maximum Gasteiger partial charge on any atom is 0.433 e. The summed E-state index contributed by atoms with van der Waals surface area (Å²) in [7, 11) is -3.80. The fourth-order valence-corrected chi connectivity index (χ4v) is 5.42. The fraction of sp³-hybridized carbons (Fsp3) is 0.226. The molecule has 51 heavy (non-hydrogen) atoms. The molecule has 0 fully saturated rings. The first-order valence-electron chi connectivity index (χ1n) is 14.8. The van der Waals surface area contributed by atoms with E-state index in [4.69, 9.17) is 0 Å². The van der Waals surface area contributed by atoms with Crippen molar-refractivity contribution in [3.63, 3.8) is 0 Å². The molecular formula is C31H26F6N10O3S. The van der Waals surface area contributed by atoms with Crippen LogP contribution in [0.15, 0.2) is 83.3 Å². The van der Waals surface area contributed by atoms with Gasteiger partial charge >= 0.3 is 18.0 Å². The molecule has 0 aliphatic heterocycles. The molecule has 6 aromatic rings. The lowest BCUT2D eigenvalue weighted by molar-refractivity contribution is -0.142. The van der Waals surface area contributed by atoms with E-state index in [9.17, 15) is 39.6 Å². The summed E-state index contributed by atoms with van der Waals surface area (Å²) in [5, 5.41) is 5.22. The number of anilines is 2. The van der Waals surface area contributed by atoms with E-state index in [1.54, 1.807) is 24.3 Å². The van der Waals surface area contributed by atoms with Crippen LogP contribution in [0, 0.1) is 0 Å². The lowest BCUT2D eigenvalue weighted by Crippen LogP contribution is -2.19. The molecule has 6 aromatic heterocycles. The van der Waals surface area contributed by atoms with Crippen molar-refractivity contribution < 1.29 is 34.8 Å². The van der Waals surface area contributed by atoms with Crippen molar-refractivity contribution >= 4 is 43.5 Å². The van der Waals surface area contributed by atoms with Crippen molar-refractivity contribution in [2.75, 3.05) is 10.6 Å². The average molecular weight is 733 g/mol. The Morgan fingerprint density at radius 1 is 0.686 bits per heavy atom. The van der Waals surface area contributed by atoms with E-state index < -0.39 is 49.7 Å². The second-order valence-corrected chi connectivity index (χ2v) is 13.2. The average Bonchev–Trinajstić information content (AvgIpc) is 3.09. The molecule has 0 spiro atoms. The number of nitrogens with zero attached hydrogens (tertiary/aromatic N) is 7. The number of aromatic amines is 1. The standard InChI is InChI=1S/C17H16F3N5O2S.C14H10F3N5O/c1-10(2)28(26,27)16-24-14-12(6-4-8-22-14)15(25-16)23-9-11-5-3-7-21-13(11)17(18,19)20;15-14(16,17)10-8(3-1-5-18-10)7-20-12-9-4-2-6-19-11(9)21-13(23)22-12/h3-8,10H,9H2,1-2H3,(H,22,23,24,25);1-6H,7H2,(H2,19,20,21,22,23). The van der Waals surface area contributed by atoms with E-state index in [0.29, 0.717) is 16.4 Å². The molecule has 0 aliphatic carbocycles. The highest BCUT2D eigenvalue weighted by atomic mass is 32.2. The molecule has 3 N–H and O–H groups in total. The topological polar surface area (TPSA) is 181 Å². The van der Waals surface area contributed by atoms with Crippen molar-refractivity contribution in [1.29, 1.82) is 0 Å². The van der Waals surface area contributed by atoms with Gasteiger partial charge in [0.1, 0.15) is 28.7 Å². The number of aromatic nitrogens is 8. The van der Waals surface area contributed by atoms with Gasteiger partial charge in [0, 0.05) is 49.0 Å². The zero-order valence-electron chi connectivity index (χ0n) is 26.5. The first-order chi connectivity index (χ1) is 24.1. The van der Waals surface area contributed by atoms with Crippen molar-refractivity contribution in [1.82, 2.24) is 39.9 Å². The van der Waals surface area contributed by atoms with Crippen LogP contribution in [0.25, 0.3) is 22.1 Å². The Kier molecular flexibility index (Phi) is 10.4. The molecule has 6 rings (SSSR count). The van der Waals surface area contributed by atoms with Crippen LogP contribution in [-0.4, -0.2) is 53.5 Å². The molecule has 0 bridgehead atoms. The van der Waals surface area contributed by atoms with Crippen LogP contribution < -0.4 is 16.3 Å². The SMILES string of the molecule is CC(C)S(=O)(=O)c1nc(NCc2cccnc2C(F)(F)F)c2cccnc2n1.O=c1nc(NCc2cccnc2C(F)(F)F)c2cccnc2[nH]1. The summed E-state index contributed by atoms with van der Waals surface area (Å²) in [6, 6.07) is 11.9. The lowest BCUT2D eigenvalue weighted by Gasteiger charge is -2.14. The molecule has 0 atom stereocenters. The number of halogens is 6. The maximum atomic E-state index is 13.1. The fourth-order valence-electron chi connectivity index (χ4n) is 4.57. The summed E-state index contributed by atoms with van der Waals surface area (Å²) in [5.41, 5.74) is -2.34. The summed E-state index contributed by atoms with van der Waals surface area (Å²) >= 11 is 0. The third-order valence-electron chi connectivity index (χ3n) is 7.04. The van der Waals surface area contributed by atoms with Gasteiger partial charge in [0.2, 0.25) is 9.84 Å². The highest BCUT2D eigenvalue weighted by Gasteiger charge is 2.36. The van der Waals surface area contributed by atoms with Gasteiger partial charge in [-0.05, 0) is 50.2 Å². The Morgan fingerprint density at radius 2 is 1.18 bits per heavy atom. The van der Waals surface area contributed by atoms with E-state index in [2.05, 4.69) is 50.5 Å². The van der Waals surface area contributed by atoms with E-state index >= 15 is 0 Å². The summed E-state index contributed by atoms with van der Waals surface area (Å²) in [4.78, 5) is 40.5. The van der Waals surface area contributed by atoms with E-state index in [0.717, 1.165) is 12.4 Å². The highest BCUT2D eigenvalue weighted by Crippen LogP contribution is 2.32. The van der Waals surface area contributed by atoms with Crippen molar-refractivity contribution in [2.24, 2.45) is 0 Å². The number of hydrogen-bond donors (Lipinski definition) is 3. The van der Waals surface area contributed by atoms with Crippen LogP contribution >= 0.6 is 0 Å². The van der Waals surface area contributed by atoms with E-state index in [-0.39, 0.29) is 41.5 Å². The van der Waals surface area contributed by atoms with Crippen LogP contribution in [-0.2, 0) is 35.3 Å². The second-order valence-electron chi connectivity index (χ2n) is 10.8. The Labute approximate surface area is 284 Å². The molecular weight excluding hydrogens is 706 g/mol. The van der Waals surface area contributed by atoms with Crippen LogP contribution in [0.5, 0.6) is 0 Å². The number of rotatable bonds is 8. The van der Waals surface area contributed by atoms with Gasteiger partial charge in [-0.2, -0.15) is 36.3 Å². The molecule has 266 valence electrons. The number of H-pyrrole nitrogens is 1. The van der Waals surface area contributed by atoms with Gasteiger partial charge in [-0.1, -0.05) is 12.1 Å². The second kappa shape index (κ2) is 14.6. The summed E-state index contributed by atoms with van der Waals surface area (Å²) in [5.74, 6) is 0.239. The van der Waals surface area contributed by atoms with Crippen LogP contribution in [0.1, 0.15) is 36.4 Å². The van der Waals surface area contributed by atoms with Gasteiger partial charge in [0.25, 0.3) is 5.16 Å². The monoisotopic (exact) mass is 732 g/mol. The minimum atomic E-state index is -4.61. The molecule has 20 heteroatoms. The predicted molar refractivity (Wildman–Crippen MR) is 173 cm³/mol. The van der Waals surface area contributed by atoms with Crippen LogP contribution in [0.2, 0.25) is 0 Å². The van der Waals surface area contributed by atoms with Crippen molar-refractivity contribution in [3.8, 4) is 0 Å². The minimum Gasteiger partial charge on any atom is -0.365 e. The Bertz CT molecular complexity index is 2350. The van der Waals surface area contributed by atoms with Gasteiger partial charge in [0.05, 0.1) is 16.0 Å². The number of fused-ring (bicyclic) bond motifs is 2. The quantitative estimate of drug-likeness (QED) is 0.131. The predicted octanol–water partition coefficient (Wildman–Crippen LogP) is 5.58. The normalized spacial score (nSPS) is 12.1. The van der Waals surface area contributed by atoms with Gasteiger partial charge in [-0.3, -0.25) is 15.0 Å². The van der Waals surface area contributed by atoms with E-state index in [1.807, 2.05) is 0 Å². The molecule has 13 nitrogen and oxygen atoms in total. The molecule has 6 heterocycles. The number of pyridine rings is 4. The molecule has 0 aliphatic rings. The smallest absolute Gasteiger partial charge is 0.365 e. The maximum absolute atomic E-state index is 13.1. The zero-order chi connectivity index (χ0) is 37.0. The number of alkyl halides is 6. The van der Waals surface area contributed by atoms with Crippen molar-refractivity contribution in [2.45, 2.75) is 49.7 Å². The van der Waals surface area contributed by atoms with Gasteiger partial charge in [-0.25, -0.2) is 28.2 Å². The number of nitrogens with one attached hydrogen (secondary N) is 3. The first-order valence-corrected chi connectivity index (χ1v) is 16.3. The van der Waals surface area contributed by atoms with Gasteiger partial charge in [-0.15, -0.1) is 0 Å². The molecule has 0 unspecified atom stereocenters. The Morgan fingerprint density at radius 3 is 1.73 bits per heavy atom. The largest absolute Gasteiger partial charge is 0.433 e. The minimum absolute atomic E-state index is 0.0425. The first kappa shape index (κ1) is 36.5. The zero-order valence-corrected chi connectivity index (χ0v) is 27.3. The van der Waals surface area contributed by atoms with Gasteiger partial charge < -0.3 is 10.6 Å². The van der Waals surface area contributed by atoms with Gasteiger partial charge in [0.15, 0.2) is 5.65 Å². The highest BCUT2D eigenvalue weighted by molar-refractivity contribution is 7.91. The lowest BCUT2D eigenvalue weighted by atomic mass is 10.2. The molecule has 0 aromatic carbocycles. The molecule has 0 saturated heterocycles. The Balaban J connectivity index is 0.000000201. The molecule has 0 saturated carbocycles. The van der Waals surface area contributed by atoms with Crippen LogP contribution in [0.3, 0.4) is 0 Å². The molecule has 0 amide bonds. The van der Waals surface area contributed by atoms with E-state index in [1.165, 1.54) is 50.5 Å². The summed E-state index contributed by atoms with van der Waals surface area (Å²) < 4.78 is 103.